The van der Waals surface area contributed by atoms with Crippen LogP contribution in [0.5, 0.6) is 0 Å². The molecule has 0 saturated heterocycles. The topological polar surface area (TPSA) is 103 Å². The predicted molar refractivity (Wildman–Crippen MR) is 68.5 cm³/mol. The van der Waals surface area contributed by atoms with E-state index in [1.807, 2.05) is 0 Å². The van der Waals surface area contributed by atoms with Crippen molar-refractivity contribution >= 4 is 26.5 Å². The number of aryl methyl sites for hydroxylation is 2. The van der Waals surface area contributed by atoms with Crippen molar-refractivity contribution in [3.63, 3.8) is 0 Å². The average Bonchev–Trinajstić information content (AvgIpc) is 2.82. The number of thiazole rings is 1. The molecule has 0 radical (unpaired) electrons. The number of nitrogens with one attached hydrogen (secondary N) is 1. The predicted octanol–water partition coefficient (Wildman–Crippen LogP) is 0.246. The van der Waals surface area contributed by atoms with E-state index in [4.69, 9.17) is 5.73 Å². The van der Waals surface area contributed by atoms with Gasteiger partial charge >= 0.3 is 0 Å². The molecule has 98 valence electrons. The van der Waals surface area contributed by atoms with Crippen molar-refractivity contribution in [2.75, 3.05) is 5.73 Å². The fraction of sp³-hybridized carbons (Fsp3) is 0.333. The highest BCUT2D eigenvalue weighted by Gasteiger charge is 2.21. The van der Waals surface area contributed by atoms with Gasteiger partial charge in [-0.3, -0.25) is 4.68 Å². The largest absolute Gasteiger partial charge is 0.375 e. The molecule has 0 bridgehead atoms. The highest BCUT2D eigenvalue weighted by molar-refractivity contribution is 7.91. The summed E-state index contributed by atoms with van der Waals surface area (Å²) >= 11 is 0.956. The Morgan fingerprint density at radius 2 is 2.28 bits per heavy atom. The van der Waals surface area contributed by atoms with Gasteiger partial charge in [-0.05, 0) is 13.0 Å². The summed E-state index contributed by atoms with van der Waals surface area (Å²) in [7, 11) is -1.83. The molecule has 0 aliphatic heterocycles. The minimum absolute atomic E-state index is 0.155. The molecule has 0 aliphatic carbocycles. The molecule has 2 aromatic rings. The third kappa shape index (κ3) is 2.52. The first kappa shape index (κ1) is 13.0. The minimum atomic E-state index is -3.58. The highest BCUT2D eigenvalue weighted by Crippen LogP contribution is 2.24. The Kier molecular flexibility index (Phi) is 3.37. The number of anilines is 1. The molecule has 0 aromatic carbocycles. The molecular formula is C9H13N5O2S2. The van der Waals surface area contributed by atoms with Crippen LogP contribution in [-0.2, 0) is 23.6 Å². The summed E-state index contributed by atoms with van der Waals surface area (Å²) in [6.07, 6.45) is 1.61. The second-order valence-corrected chi connectivity index (χ2v) is 6.69. The molecule has 0 saturated carbocycles. The molecule has 0 unspecified atom stereocenters. The lowest BCUT2D eigenvalue weighted by Gasteiger charge is -2.05. The Hall–Kier alpha value is -1.45. The molecule has 2 aromatic heterocycles. The SMILES string of the molecule is Cc1nc(N)sc1S(=O)(=O)NCc1ccnn1C. The molecule has 0 atom stereocenters. The molecule has 2 rings (SSSR count). The van der Waals surface area contributed by atoms with Gasteiger partial charge in [0.1, 0.15) is 0 Å². The van der Waals surface area contributed by atoms with Crippen LogP contribution in [0.3, 0.4) is 0 Å². The van der Waals surface area contributed by atoms with Crippen LogP contribution in [0, 0.1) is 6.92 Å². The van der Waals surface area contributed by atoms with E-state index in [2.05, 4.69) is 14.8 Å². The lowest BCUT2D eigenvalue weighted by molar-refractivity contribution is 0.578. The summed E-state index contributed by atoms with van der Waals surface area (Å²) < 4.78 is 28.4. The summed E-state index contributed by atoms with van der Waals surface area (Å²) in [5.41, 5.74) is 6.68. The van der Waals surface area contributed by atoms with Crippen molar-refractivity contribution in [3.05, 3.63) is 23.7 Å². The van der Waals surface area contributed by atoms with Crippen LogP contribution in [0.1, 0.15) is 11.4 Å². The highest BCUT2D eigenvalue weighted by atomic mass is 32.2. The zero-order valence-electron chi connectivity index (χ0n) is 9.91. The summed E-state index contributed by atoms with van der Waals surface area (Å²) in [6.45, 7) is 1.79. The Labute approximate surface area is 109 Å². The van der Waals surface area contributed by atoms with Gasteiger partial charge in [-0.15, -0.1) is 0 Å². The van der Waals surface area contributed by atoms with Gasteiger partial charge in [0.05, 0.1) is 17.9 Å². The molecular weight excluding hydrogens is 274 g/mol. The zero-order chi connectivity index (χ0) is 13.3. The first-order valence-corrected chi connectivity index (χ1v) is 7.39. The fourth-order valence-electron chi connectivity index (χ4n) is 1.46. The van der Waals surface area contributed by atoms with Crippen LogP contribution in [0.15, 0.2) is 16.5 Å². The van der Waals surface area contributed by atoms with Gasteiger partial charge in [0, 0.05) is 13.2 Å². The monoisotopic (exact) mass is 287 g/mol. The summed E-state index contributed by atoms with van der Waals surface area (Å²) in [5.74, 6) is 0. The van der Waals surface area contributed by atoms with Crippen LogP contribution in [0.4, 0.5) is 5.13 Å². The number of nitrogens with two attached hydrogens (primary N) is 1. The average molecular weight is 287 g/mol. The second-order valence-electron chi connectivity index (χ2n) is 3.70. The van der Waals surface area contributed by atoms with Crippen molar-refractivity contribution in [3.8, 4) is 0 Å². The quantitative estimate of drug-likeness (QED) is 0.839. The Balaban J connectivity index is 2.18. The van der Waals surface area contributed by atoms with Gasteiger partial charge in [0.25, 0.3) is 10.0 Å². The molecule has 2 heterocycles. The van der Waals surface area contributed by atoms with E-state index in [1.54, 1.807) is 30.9 Å². The van der Waals surface area contributed by atoms with Crippen LogP contribution in [-0.4, -0.2) is 23.2 Å². The lowest BCUT2D eigenvalue weighted by atomic mass is 10.4. The Morgan fingerprint density at radius 3 is 2.78 bits per heavy atom. The third-order valence-corrected chi connectivity index (χ3v) is 5.38. The number of sulfonamides is 1. The fourth-order valence-corrected chi connectivity index (χ4v) is 3.80. The molecule has 7 nitrogen and oxygen atoms in total. The molecule has 18 heavy (non-hydrogen) atoms. The number of hydrogen-bond acceptors (Lipinski definition) is 6. The third-order valence-electron chi connectivity index (χ3n) is 2.38. The van der Waals surface area contributed by atoms with E-state index in [1.165, 1.54) is 0 Å². The minimum Gasteiger partial charge on any atom is -0.375 e. The van der Waals surface area contributed by atoms with E-state index in [0.717, 1.165) is 17.0 Å². The van der Waals surface area contributed by atoms with E-state index in [0.29, 0.717) is 5.69 Å². The molecule has 0 amide bonds. The van der Waals surface area contributed by atoms with Crippen molar-refractivity contribution in [1.29, 1.82) is 0 Å². The van der Waals surface area contributed by atoms with Crippen molar-refractivity contribution in [1.82, 2.24) is 19.5 Å². The first-order valence-electron chi connectivity index (χ1n) is 5.09. The number of rotatable bonds is 4. The van der Waals surface area contributed by atoms with Crippen molar-refractivity contribution < 1.29 is 8.42 Å². The summed E-state index contributed by atoms with van der Waals surface area (Å²) in [6, 6.07) is 1.75. The maximum absolute atomic E-state index is 12.0. The van der Waals surface area contributed by atoms with Crippen LogP contribution >= 0.6 is 11.3 Å². The van der Waals surface area contributed by atoms with Crippen LogP contribution in [0.2, 0.25) is 0 Å². The van der Waals surface area contributed by atoms with Crippen molar-refractivity contribution in [2.45, 2.75) is 17.7 Å². The molecule has 3 N–H and O–H groups in total. The van der Waals surface area contributed by atoms with Gasteiger partial charge in [-0.25, -0.2) is 18.1 Å². The van der Waals surface area contributed by atoms with E-state index in [9.17, 15) is 8.42 Å². The van der Waals surface area contributed by atoms with Gasteiger partial charge in [0.15, 0.2) is 9.34 Å². The van der Waals surface area contributed by atoms with E-state index >= 15 is 0 Å². The van der Waals surface area contributed by atoms with Gasteiger partial charge in [-0.2, -0.15) is 5.10 Å². The molecule has 0 spiro atoms. The Bertz CT molecular complexity index is 658. The summed E-state index contributed by atoms with van der Waals surface area (Å²) in [4.78, 5) is 3.90. The van der Waals surface area contributed by atoms with Gasteiger partial charge in [0.2, 0.25) is 0 Å². The second kappa shape index (κ2) is 4.67. The number of nitrogen functional groups attached to an aromatic ring is 1. The number of nitrogens with zero attached hydrogens (tertiary/aromatic N) is 3. The maximum Gasteiger partial charge on any atom is 0.252 e. The van der Waals surface area contributed by atoms with E-state index < -0.39 is 10.0 Å². The van der Waals surface area contributed by atoms with E-state index in [-0.39, 0.29) is 15.9 Å². The van der Waals surface area contributed by atoms with Crippen LogP contribution in [0.25, 0.3) is 0 Å². The molecule has 0 aliphatic rings. The maximum atomic E-state index is 12.0. The number of aromatic nitrogens is 3. The standard InChI is InChI=1S/C9H13N5O2S2/c1-6-8(17-9(10)13-6)18(15,16)12-5-7-3-4-11-14(7)2/h3-4,12H,5H2,1-2H3,(H2,10,13). The smallest absolute Gasteiger partial charge is 0.252 e. The zero-order valence-corrected chi connectivity index (χ0v) is 11.5. The number of hydrogen-bond donors (Lipinski definition) is 2. The lowest BCUT2D eigenvalue weighted by Crippen LogP contribution is -2.24. The normalized spacial score (nSPS) is 11.9. The van der Waals surface area contributed by atoms with Crippen molar-refractivity contribution in [2.24, 2.45) is 7.05 Å². The van der Waals surface area contributed by atoms with Gasteiger partial charge in [-0.1, -0.05) is 11.3 Å². The molecule has 9 heteroatoms. The first-order chi connectivity index (χ1) is 8.40. The molecule has 0 fully saturated rings. The summed E-state index contributed by atoms with van der Waals surface area (Å²) in [5, 5.41) is 4.21. The Morgan fingerprint density at radius 1 is 1.56 bits per heavy atom. The van der Waals surface area contributed by atoms with Gasteiger partial charge < -0.3 is 5.73 Å². The van der Waals surface area contributed by atoms with Crippen LogP contribution < -0.4 is 10.5 Å².